The van der Waals surface area contributed by atoms with Gasteiger partial charge in [-0.1, -0.05) is 11.6 Å². The molecule has 1 atom stereocenters. The van der Waals surface area contributed by atoms with Crippen LogP contribution in [0.3, 0.4) is 0 Å². The van der Waals surface area contributed by atoms with Gasteiger partial charge >= 0.3 is 6.18 Å². The van der Waals surface area contributed by atoms with Crippen molar-refractivity contribution in [3.63, 3.8) is 0 Å². The molecule has 0 amide bonds. The van der Waals surface area contributed by atoms with Crippen LogP contribution in [-0.4, -0.2) is 32.3 Å². The Kier molecular flexibility index (Phi) is 5.30. The lowest BCUT2D eigenvalue weighted by molar-refractivity contribution is -0.200. The minimum atomic E-state index is -4.92. The molecule has 0 spiro atoms. The third kappa shape index (κ3) is 4.22. The number of nitrogens with one attached hydrogen (secondary N) is 1. The van der Waals surface area contributed by atoms with Crippen molar-refractivity contribution in [2.45, 2.75) is 17.2 Å². The smallest absolute Gasteiger partial charge is 0.398 e. The van der Waals surface area contributed by atoms with Crippen LogP contribution >= 0.6 is 27.5 Å². The van der Waals surface area contributed by atoms with E-state index in [0.29, 0.717) is 0 Å². The number of hydrogen-bond donors (Lipinski definition) is 3. The monoisotopic (exact) mass is 396 g/mol. The van der Waals surface area contributed by atoms with Crippen molar-refractivity contribution in [2.24, 2.45) is 0 Å². The maximum Gasteiger partial charge on any atom is 0.415 e. The van der Waals surface area contributed by atoms with Crippen molar-refractivity contribution in [3.8, 4) is 0 Å². The Balaban J connectivity index is 3.02. The van der Waals surface area contributed by atoms with Gasteiger partial charge in [0.15, 0.2) is 6.10 Å². The first-order chi connectivity index (χ1) is 8.95. The maximum atomic E-state index is 12.1. The van der Waals surface area contributed by atoms with Gasteiger partial charge in [0.1, 0.15) is 0 Å². The molecule has 0 fully saturated rings. The van der Waals surface area contributed by atoms with Crippen LogP contribution in [0.4, 0.5) is 18.9 Å². The highest BCUT2D eigenvalue weighted by Crippen LogP contribution is 2.31. The van der Waals surface area contributed by atoms with Gasteiger partial charge in [0, 0.05) is 17.3 Å². The van der Waals surface area contributed by atoms with Crippen molar-refractivity contribution in [1.82, 2.24) is 4.72 Å². The minimum Gasteiger partial charge on any atom is -0.398 e. The number of sulfonamides is 1. The molecule has 0 saturated carbocycles. The van der Waals surface area contributed by atoms with Crippen molar-refractivity contribution < 1.29 is 26.7 Å². The summed E-state index contributed by atoms with van der Waals surface area (Å²) in [4.78, 5) is -0.420. The molecule has 0 bridgehead atoms. The van der Waals surface area contributed by atoms with Gasteiger partial charge in [0.05, 0.1) is 9.37 Å². The summed E-state index contributed by atoms with van der Waals surface area (Å²) in [5.41, 5.74) is 5.50. The molecule has 0 aliphatic carbocycles. The molecule has 4 N–H and O–H groups in total. The second-order valence-electron chi connectivity index (χ2n) is 3.72. The molecule has 11 heteroatoms. The van der Waals surface area contributed by atoms with Crippen LogP contribution in [0.15, 0.2) is 21.5 Å². The average Bonchev–Trinajstić information content (AvgIpc) is 2.29. The first-order valence-electron chi connectivity index (χ1n) is 4.94. The first kappa shape index (κ1) is 17.5. The van der Waals surface area contributed by atoms with Crippen LogP contribution in [0.1, 0.15) is 0 Å². The number of rotatable bonds is 4. The molecule has 0 radical (unpaired) electrons. The van der Waals surface area contributed by atoms with E-state index in [1.807, 2.05) is 0 Å². The van der Waals surface area contributed by atoms with E-state index in [2.05, 4.69) is 15.9 Å². The summed E-state index contributed by atoms with van der Waals surface area (Å²) in [5.74, 6) is 0. The van der Waals surface area contributed by atoms with Crippen LogP contribution in [0.2, 0.25) is 5.02 Å². The normalized spacial score (nSPS) is 14.3. The number of halogens is 5. The Labute approximate surface area is 126 Å². The van der Waals surface area contributed by atoms with Gasteiger partial charge < -0.3 is 10.8 Å². The Hall–Kier alpha value is -0.550. The van der Waals surface area contributed by atoms with Crippen molar-refractivity contribution >= 4 is 43.2 Å². The molecular formula is C9H9BrClF3N2O3S. The molecule has 0 aliphatic rings. The van der Waals surface area contributed by atoms with E-state index in [1.165, 1.54) is 6.07 Å². The molecule has 1 aromatic rings. The van der Waals surface area contributed by atoms with Crippen LogP contribution in [0, 0.1) is 0 Å². The number of anilines is 1. The summed E-state index contributed by atoms with van der Waals surface area (Å²) in [6.07, 6.45) is -7.74. The lowest BCUT2D eigenvalue weighted by atomic mass is 10.3. The third-order valence-corrected chi connectivity index (χ3v) is 4.98. The quantitative estimate of drug-likeness (QED) is 0.677. The molecule has 1 unspecified atom stereocenters. The molecule has 5 nitrogen and oxygen atoms in total. The second-order valence-corrected chi connectivity index (χ2v) is 6.68. The maximum absolute atomic E-state index is 12.1. The van der Waals surface area contributed by atoms with E-state index in [0.717, 1.165) is 6.07 Å². The number of alkyl halides is 3. The lowest BCUT2D eigenvalue weighted by Crippen LogP contribution is -2.40. The zero-order valence-corrected chi connectivity index (χ0v) is 12.7. The zero-order valence-electron chi connectivity index (χ0n) is 9.58. The number of nitrogens with two attached hydrogens (primary N) is 1. The standard InChI is InChI=1S/C9H9BrClF3N2O3S/c10-8-5(15)1-4(11)2-6(8)20(18,19)16-3-7(17)9(12,13)14/h1-2,7,16-17H,3,15H2. The summed E-state index contributed by atoms with van der Waals surface area (Å²) in [5, 5.41) is 8.76. The highest BCUT2D eigenvalue weighted by molar-refractivity contribution is 9.10. The van der Waals surface area contributed by atoms with Crippen molar-refractivity contribution in [3.05, 3.63) is 21.6 Å². The number of nitrogen functional groups attached to an aromatic ring is 1. The molecule has 1 rings (SSSR count). The third-order valence-electron chi connectivity index (χ3n) is 2.17. The molecule has 0 aliphatic heterocycles. The fourth-order valence-corrected chi connectivity index (χ4v) is 3.49. The van der Waals surface area contributed by atoms with Gasteiger partial charge in [-0.2, -0.15) is 13.2 Å². The molecule has 20 heavy (non-hydrogen) atoms. The van der Waals surface area contributed by atoms with Crippen LogP contribution in [0.25, 0.3) is 0 Å². The molecule has 0 heterocycles. The van der Waals surface area contributed by atoms with Gasteiger partial charge in [0.25, 0.3) is 0 Å². The van der Waals surface area contributed by atoms with Gasteiger partial charge in [0.2, 0.25) is 10.0 Å². The predicted molar refractivity (Wildman–Crippen MR) is 70.8 cm³/mol. The van der Waals surface area contributed by atoms with E-state index >= 15 is 0 Å². The molecule has 1 aromatic carbocycles. The van der Waals surface area contributed by atoms with E-state index in [4.69, 9.17) is 22.4 Å². The van der Waals surface area contributed by atoms with E-state index in [1.54, 1.807) is 4.72 Å². The Bertz CT molecular complexity index is 609. The van der Waals surface area contributed by atoms with Crippen LogP contribution < -0.4 is 10.5 Å². The zero-order chi connectivity index (χ0) is 15.7. The average molecular weight is 398 g/mol. The van der Waals surface area contributed by atoms with Gasteiger partial charge in [-0.05, 0) is 28.1 Å². The summed E-state index contributed by atoms with van der Waals surface area (Å²) in [6, 6.07) is 2.29. The molecule has 0 saturated heterocycles. The van der Waals surface area contributed by atoms with Gasteiger partial charge in [-0.15, -0.1) is 0 Å². The Morgan fingerprint density at radius 3 is 2.50 bits per heavy atom. The number of hydrogen-bond acceptors (Lipinski definition) is 4. The van der Waals surface area contributed by atoms with Crippen LogP contribution in [0.5, 0.6) is 0 Å². The fraction of sp³-hybridized carbons (Fsp3) is 0.333. The van der Waals surface area contributed by atoms with Gasteiger partial charge in [-0.25, -0.2) is 13.1 Å². The second kappa shape index (κ2) is 6.06. The largest absolute Gasteiger partial charge is 0.415 e. The Morgan fingerprint density at radius 1 is 1.45 bits per heavy atom. The summed E-state index contributed by atoms with van der Waals surface area (Å²) in [6.45, 7) is -1.22. The lowest BCUT2D eigenvalue weighted by Gasteiger charge is -2.16. The highest BCUT2D eigenvalue weighted by atomic mass is 79.9. The highest BCUT2D eigenvalue weighted by Gasteiger charge is 2.38. The summed E-state index contributed by atoms with van der Waals surface area (Å²) < 4.78 is 61.6. The number of aliphatic hydroxyl groups is 1. The van der Waals surface area contributed by atoms with E-state index in [-0.39, 0.29) is 15.2 Å². The summed E-state index contributed by atoms with van der Waals surface area (Å²) in [7, 11) is -4.31. The molecule has 0 aromatic heterocycles. The Morgan fingerprint density at radius 2 is 2.00 bits per heavy atom. The van der Waals surface area contributed by atoms with Gasteiger partial charge in [-0.3, -0.25) is 0 Å². The summed E-state index contributed by atoms with van der Waals surface area (Å²) >= 11 is 8.55. The van der Waals surface area contributed by atoms with E-state index in [9.17, 15) is 21.6 Å². The van der Waals surface area contributed by atoms with Crippen LogP contribution in [-0.2, 0) is 10.0 Å². The molecule has 114 valence electrons. The first-order valence-corrected chi connectivity index (χ1v) is 7.59. The van der Waals surface area contributed by atoms with Crippen molar-refractivity contribution in [2.75, 3.05) is 12.3 Å². The molecular weight excluding hydrogens is 389 g/mol. The minimum absolute atomic E-state index is 0.00226. The topological polar surface area (TPSA) is 92.4 Å². The fourth-order valence-electron chi connectivity index (χ4n) is 1.16. The number of benzene rings is 1. The number of aliphatic hydroxyl groups excluding tert-OH is 1. The predicted octanol–water partition coefficient (Wildman–Crippen LogP) is 1.89. The van der Waals surface area contributed by atoms with E-state index < -0.39 is 33.7 Å². The van der Waals surface area contributed by atoms with Crippen molar-refractivity contribution in [1.29, 1.82) is 0 Å². The SMILES string of the molecule is Nc1cc(Cl)cc(S(=O)(=O)NCC(O)C(F)(F)F)c1Br.